The van der Waals surface area contributed by atoms with Crippen LogP contribution in [-0.2, 0) is 10.0 Å². The van der Waals surface area contributed by atoms with Gasteiger partial charge in [-0.15, -0.1) is 0 Å². The fraction of sp³-hybridized carbons (Fsp3) is 0.261. The molecule has 1 aliphatic heterocycles. The second-order valence-corrected chi connectivity index (χ2v) is 9.76. The highest BCUT2D eigenvalue weighted by atomic mass is 32.2. The molecular formula is C23H24N4O5S. The molecule has 4 rings (SSSR count). The molecule has 1 saturated heterocycles. The number of fused-ring (bicyclic) bond motifs is 1. The molecule has 2 N–H and O–H groups in total. The van der Waals surface area contributed by atoms with E-state index in [2.05, 4.69) is 9.71 Å². The monoisotopic (exact) mass is 468 g/mol. The summed E-state index contributed by atoms with van der Waals surface area (Å²) in [6.07, 6.45) is 0.542. The first-order valence-corrected chi connectivity index (χ1v) is 11.9. The average Bonchev–Trinajstić information content (AvgIpc) is 2.77. The van der Waals surface area contributed by atoms with Gasteiger partial charge in [-0.3, -0.25) is 19.4 Å². The van der Waals surface area contributed by atoms with Gasteiger partial charge in [0.2, 0.25) is 0 Å². The van der Waals surface area contributed by atoms with E-state index in [9.17, 15) is 23.1 Å². The van der Waals surface area contributed by atoms with E-state index in [1.807, 2.05) is 0 Å². The highest BCUT2D eigenvalue weighted by molar-refractivity contribution is 7.93. The number of nitrogens with one attached hydrogen (secondary N) is 1. The van der Waals surface area contributed by atoms with E-state index in [0.717, 1.165) is 0 Å². The van der Waals surface area contributed by atoms with Gasteiger partial charge in [-0.05, 0) is 50.2 Å². The summed E-state index contributed by atoms with van der Waals surface area (Å²) in [4.78, 5) is 31.6. The standard InChI is InChI=1S/C23H24N4O5S/c1-15-13-26(14-16(2)27(15)23(29)30)22(28)18-8-10-19(11-9-18)25-33(31,32)20-7-3-5-17-6-4-12-24-21(17)20/h3-12,15-16,25H,13-14H2,1-2H3,(H,29,30). The molecule has 2 heterocycles. The van der Waals surface area contributed by atoms with Crippen molar-refractivity contribution < 1.29 is 23.1 Å². The summed E-state index contributed by atoms with van der Waals surface area (Å²) in [6.45, 7) is 4.12. The number of hydrogen-bond donors (Lipinski definition) is 2. The van der Waals surface area contributed by atoms with Crippen molar-refractivity contribution in [3.05, 3.63) is 66.4 Å². The molecule has 2 atom stereocenters. The van der Waals surface area contributed by atoms with E-state index in [4.69, 9.17) is 0 Å². The number of pyridine rings is 1. The van der Waals surface area contributed by atoms with Gasteiger partial charge in [0.05, 0.1) is 17.6 Å². The molecule has 0 spiro atoms. The van der Waals surface area contributed by atoms with Crippen molar-refractivity contribution in [3.8, 4) is 0 Å². The van der Waals surface area contributed by atoms with Gasteiger partial charge in [-0.2, -0.15) is 0 Å². The number of rotatable bonds is 4. The summed E-state index contributed by atoms with van der Waals surface area (Å²) in [6, 6.07) is 14.0. The fourth-order valence-corrected chi connectivity index (χ4v) is 5.47. The Morgan fingerprint density at radius 3 is 2.27 bits per heavy atom. The van der Waals surface area contributed by atoms with Gasteiger partial charge in [0.25, 0.3) is 15.9 Å². The first-order valence-electron chi connectivity index (χ1n) is 10.4. The van der Waals surface area contributed by atoms with Crippen LogP contribution in [0.15, 0.2) is 65.7 Å². The zero-order valence-corrected chi connectivity index (χ0v) is 19.0. The second-order valence-electron chi connectivity index (χ2n) is 8.11. The third kappa shape index (κ3) is 4.47. The molecule has 172 valence electrons. The quantitative estimate of drug-likeness (QED) is 0.607. The lowest BCUT2D eigenvalue weighted by atomic mass is 10.1. The van der Waals surface area contributed by atoms with E-state index >= 15 is 0 Å². The van der Waals surface area contributed by atoms with Crippen LogP contribution in [0.25, 0.3) is 10.9 Å². The largest absolute Gasteiger partial charge is 0.465 e. The summed E-state index contributed by atoms with van der Waals surface area (Å²) in [5.74, 6) is -0.230. The maximum atomic E-state index is 13.0. The summed E-state index contributed by atoms with van der Waals surface area (Å²) >= 11 is 0. The normalized spacial score (nSPS) is 18.8. The van der Waals surface area contributed by atoms with Gasteiger partial charge in [-0.1, -0.05) is 18.2 Å². The number of sulfonamides is 1. The van der Waals surface area contributed by atoms with Gasteiger partial charge in [0, 0.05) is 35.9 Å². The highest BCUT2D eigenvalue weighted by Crippen LogP contribution is 2.24. The van der Waals surface area contributed by atoms with Crippen molar-refractivity contribution in [1.29, 1.82) is 0 Å². The lowest BCUT2D eigenvalue weighted by Crippen LogP contribution is -2.59. The summed E-state index contributed by atoms with van der Waals surface area (Å²) < 4.78 is 28.5. The number of para-hydroxylation sites is 1. The molecule has 2 aromatic carbocycles. The van der Waals surface area contributed by atoms with Gasteiger partial charge < -0.3 is 10.0 Å². The van der Waals surface area contributed by atoms with Gasteiger partial charge in [0.15, 0.2) is 0 Å². The molecule has 1 aromatic heterocycles. The topological polar surface area (TPSA) is 120 Å². The predicted octanol–water partition coefficient (Wildman–Crippen LogP) is 3.25. The zero-order chi connectivity index (χ0) is 23.8. The zero-order valence-electron chi connectivity index (χ0n) is 18.2. The minimum atomic E-state index is -3.89. The van der Waals surface area contributed by atoms with Crippen molar-refractivity contribution in [2.24, 2.45) is 0 Å². The van der Waals surface area contributed by atoms with Gasteiger partial charge in [0.1, 0.15) is 4.90 Å². The third-order valence-corrected chi connectivity index (χ3v) is 7.11. The number of carbonyl (C=O) groups excluding carboxylic acids is 1. The van der Waals surface area contributed by atoms with Crippen molar-refractivity contribution in [1.82, 2.24) is 14.8 Å². The number of hydrogen-bond acceptors (Lipinski definition) is 5. The van der Waals surface area contributed by atoms with Crippen molar-refractivity contribution >= 4 is 38.6 Å². The Morgan fingerprint density at radius 2 is 1.64 bits per heavy atom. The number of nitrogens with zero attached hydrogens (tertiary/aromatic N) is 3. The molecule has 10 heteroatoms. The third-order valence-electron chi connectivity index (χ3n) is 5.70. The van der Waals surface area contributed by atoms with Crippen LogP contribution in [0.1, 0.15) is 24.2 Å². The minimum absolute atomic E-state index is 0.0695. The number of carbonyl (C=O) groups is 2. The van der Waals surface area contributed by atoms with Crippen LogP contribution in [-0.4, -0.2) is 65.5 Å². The Labute approximate surface area is 191 Å². The summed E-state index contributed by atoms with van der Waals surface area (Å²) in [7, 11) is -3.89. The Bertz CT molecular complexity index is 1290. The second kappa shape index (κ2) is 8.70. The van der Waals surface area contributed by atoms with E-state index < -0.39 is 16.1 Å². The molecule has 1 fully saturated rings. The maximum Gasteiger partial charge on any atom is 0.407 e. The maximum absolute atomic E-state index is 13.0. The van der Waals surface area contributed by atoms with E-state index in [-0.39, 0.29) is 36.0 Å². The first kappa shape index (κ1) is 22.5. The number of piperazine rings is 1. The molecule has 0 bridgehead atoms. The number of benzene rings is 2. The predicted molar refractivity (Wildman–Crippen MR) is 124 cm³/mol. The summed E-state index contributed by atoms with van der Waals surface area (Å²) in [5.41, 5.74) is 1.09. The SMILES string of the molecule is CC1CN(C(=O)c2ccc(NS(=O)(=O)c3cccc4cccnc34)cc2)CC(C)N1C(=O)O. The van der Waals surface area contributed by atoms with Crippen molar-refractivity contribution in [2.75, 3.05) is 17.8 Å². The van der Waals surface area contributed by atoms with E-state index in [0.29, 0.717) is 22.2 Å². The summed E-state index contributed by atoms with van der Waals surface area (Å²) in [5, 5.41) is 10.1. The first-order chi connectivity index (χ1) is 15.7. The van der Waals surface area contributed by atoms with Crippen LogP contribution in [0.4, 0.5) is 10.5 Å². The van der Waals surface area contributed by atoms with Crippen LogP contribution in [0.5, 0.6) is 0 Å². The van der Waals surface area contributed by atoms with E-state index in [1.165, 1.54) is 23.1 Å². The Hall–Kier alpha value is -3.66. The van der Waals surface area contributed by atoms with Crippen LogP contribution in [0.3, 0.4) is 0 Å². The van der Waals surface area contributed by atoms with Crippen LogP contribution < -0.4 is 4.72 Å². The van der Waals surface area contributed by atoms with Crippen LogP contribution in [0.2, 0.25) is 0 Å². The lowest BCUT2D eigenvalue weighted by molar-refractivity contribution is 0.0326. The lowest BCUT2D eigenvalue weighted by Gasteiger charge is -2.42. The van der Waals surface area contributed by atoms with Gasteiger partial charge in [-0.25, -0.2) is 13.2 Å². The van der Waals surface area contributed by atoms with Gasteiger partial charge >= 0.3 is 6.09 Å². The number of carboxylic acid groups (broad SMARTS) is 1. The fourth-order valence-electron chi connectivity index (χ4n) is 4.23. The number of anilines is 1. The number of aromatic nitrogens is 1. The molecule has 1 aliphatic rings. The van der Waals surface area contributed by atoms with E-state index in [1.54, 1.807) is 61.3 Å². The molecule has 2 amide bonds. The molecule has 0 saturated carbocycles. The minimum Gasteiger partial charge on any atom is -0.465 e. The molecular weight excluding hydrogens is 444 g/mol. The van der Waals surface area contributed by atoms with Crippen molar-refractivity contribution in [3.63, 3.8) is 0 Å². The van der Waals surface area contributed by atoms with Crippen molar-refractivity contribution in [2.45, 2.75) is 30.8 Å². The average molecular weight is 469 g/mol. The highest BCUT2D eigenvalue weighted by Gasteiger charge is 2.35. The Balaban J connectivity index is 1.50. The van der Waals surface area contributed by atoms with Crippen LogP contribution in [0, 0.1) is 0 Å². The molecule has 2 unspecified atom stereocenters. The molecule has 9 nitrogen and oxygen atoms in total. The Morgan fingerprint density at radius 1 is 1.00 bits per heavy atom. The molecule has 33 heavy (non-hydrogen) atoms. The molecule has 0 aliphatic carbocycles. The molecule has 3 aromatic rings. The van der Waals surface area contributed by atoms with Crippen LogP contribution >= 0.6 is 0 Å². The smallest absolute Gasteiger partial charge is 0.407 e. The molecule has 0 radical (unpaired) electrons. The Kier molecular flexibility index (Phi) is 5.94. The number of amides is 2.